The number of nitrogens with one attached hydrogen (secondary N) is 6. The third-order valence-electron chi connectivity index (χ3n) is 13.7. The third kappa shape index (κ3) is 17.7. The summed E-state index contributed by atoms with van der Waals surface area (Å²) in [6.07, 6.45) is 1.34. The molecule has 2 heterocycles. The lowest BCUT2D eigenvalue weighted by atomic mass is 9.98. The zero-order valence-electron chi connectivity index (χ0n) is 44.7. The molecule has 2 aliphatic heterocycles. The summed E-state index contributed by atoms with van der Waals surface area (Å²) in [4.78, 5) is 132. The molecule has 2 aliphatic rings. The van der Waals surface area contributed by atoms with E-state index in [4.69, 9.17) is 17.2 Å². The number of carbonyl (C=O) groups is 9. The Morgan fingerprint density at radius 1 is 0.577 bits per heavy atom. The van der Waals surface area contributed by atoms with Crippen molar-refractivity contribution in [3.05, 3.63) is 102 Å². The number of nitrogens with two attached hydrogens (primary N) is 3. The minimum atomic E-state index is -1.36. The smallest absolute Gasteiger partial charge is 0.326 e. The maximum absolute atomic E-state index is 14.8. The number of aliphatic imine (C=N–C) groups is 1. The van der Waals surface area contributed by atoms with Crippen LogP contribution in [0.1, 0.15) is 82.9 Å². The number of phenolic OH excluding ortho intramolecular Hbond substituents is 1. The van der Waals surface area contributed by atoms with Crippen molar-refractivity contribution in [2.45, 2.75) is 134 Å². The summed E-state index contributed by atoms with van der Waals surface area (Å²) >= 11 is 0. The lowest BCUT2D eigenvalue weighted by molar-refractivity contribution is -0.145. The second-order valence-corrected chi connectivity index (χ2v) is 20.4. The lowest BCUT2D eigenvalue weighted by Crippen LogP contribution is -2.61. The first-order valence-electron chi connectivity index (χ1n) is 26.4. The molecule has 0 bridgehead atoms. The van der Waals surface area contributed by atoms with Gasteiger partial charge in [-0.1, -0.05) is 100 Å². The Morgan fingerprint density at radius 3 is 1.47 bits per heavy atom. The van der Waals surface area contributed by atoms with E-state index in [0.29, 0.717) is 29.5 Å². The Hall–Kier alpha value is -8.08. The molecule has 0 aromatic heterocycles. The number of aromatic hydroxyl groups is 1. The zero-order chi connectivity index (χ0) is 57.1. The minimum absolute atomic E-state index is 0.00981. The number of aliphatic carboxylic acids is 1. The van der Waals surface area contributed by atoms with E-state index >= 15 is 0 Å². The predicted octanol–water partition coefficient (Wildman–Crippen LogP) is -0.280. The highest BCUT2D eigenvalue weighted by Gasteiger charge is 2.42. The van der Waals surface area contributed by atoms with Crippen molar-refractivity contribution >= 4 is 59.2 Å². The monoisotopic (exact) mass is 1080 g/mol. The molecule has 14 N–H and O–H groups in total. The first-order valence-corrected chi connectivity index (χ1v) is 26.4. The lowest BCUT2D eigenvalue weighted by Gasteiger charge is -2.32. The van der Waals surface area contributed by atoms with Gasteiger partial charge in [0.2, 0.25) is 47.3 Å². The molecule has 2 fully saturated rings. The van der Waals surface area contributed by atoms with Crippen molar-refractivity contribution in [2.75, 3.05) is 26.2 Å². The van der Waals surface area contributed by atoms with Crippen LogP contribution in [0.4, 0.5) is 0 Å². The van der Waals surface area contributed by atoms with Gasteiger partial charge in [0, 0.05) is 38.9 Å². The molecule has 0 aliphatic carbocycles. The molecule has 2 saturated heterocycles. The fourth-order valence-corrected chi connectivity index (χ4v) is 9.56. The number of hydrogen-bond acceptors (Lipinski definition) is 12. The van der Waals surface area contributed by atoms with E-state index in [1.807, 2.05) is 0 Å². The van der Waals surface area contributed by atoms with Crippen LogP contribution in [0.15, 0.2) is 89.9 Å². The van der Waals surface area contributed by atoms with E-state index in [0.717, 1.165) is 0 Å². The fourth-order valence-electron chi connectivity index (χ4n) is 9.56. The van der Waals surface area contributed by atoms with Gasteiger partial charge in [-0.3, -0.25) is 43.3 Å². The number of carboxylic acids is 1. The zero-order valence-corrected chi connectivity index (χ0v) is 44.7. The number of phenols is 1. The molecular weight excluding hydrogens is 1000 g/mol. The van der Waals surface area contributed by atoms with E-state index in [2.05, 4.69) is 36.9 Å². The molecule has 0 saturated carbocycles. The minimum Gasteiger partial charge on any atom is -0.508 e. The van der Waals surface area contributed by atoms with Crippen LogP contribution < -0.4 is 49.1 Å². The predicted molar refractivity (Wildman–Crippen MR) is 289 cm³/mol. The molecule has 5 rings (SSSR count). The Morgan fingerprint density at radius 2 is 1.01 bits per heavy atom. The molecule has 8 amide bonds. The molecule has 8 atom stereocenters. The second kappa shape index (κ2) is 29.4. The van der Waals surface area contributed by atoms with Gasteiger partial charge in [0.05, 0.1) is 6.54 Å². The summed E-state index contributed by atoms with van der Waals surface area (Å²) in [6, 6.07) is 14.2. The topological polar surface area (TPSA) is 363 Å². The normalized spacial score (nSPS) is 17.4. The van der Waals surface area contributed by atoms with E-state index in [1.165, 1.54) is 21.9 Å². The van der Waals surface area contributed by atoms with Gasteiger partial charge in [-0.05, 0) is 79.2 Å². The van der Waals surface area contributed by atoms with Gasteiger partial charge >= 0.3 is 5.97 Å². The summed E-state index contributed by atoms with van der Waals surface area (Å²) < 4.78 is 0. The van der Waals surface area contributed by atoms with Crippen molar-refractivity contribution in [1.29, 1.82) is 0 Å². The summed E-state index contributed by atoms with van der Waals surface area (Å²) in [6.45, 7) is 6.94. The van der Waals surface area contributed by atoms with Crippen molar-refractivity contribution in [3.8, 4) is 5.75 Å². The van der Waals surface area contributed by atoms with E-state index in [1.54, 1.807) is 100 Å². The number of carbonyl (C=O) groups excluding carboxylic acids is 8. The van der Waals surface area contributed by atoms with Crippen molar-refractivity contribution < 1.29 is 53.4 Å². The van der Waals surface area contributed by atoms with Gasteiger partial charge in [-0.25, -0.2) is 4.79 Å². The average Bonchev–Trinajstić information content (AvgIpc) is 4.13. The van der Waals surface area contributed by atoms with Gasteiger partial charge in [0.15, 0.2) is 5.96 Å². The number of nitrogens with zero attached hydrogens (tertiary/aromatic N) is 3. The summed E-state index contributed by atoms with van der Waals surface area (Å²) in [5.74, 6) is -7.52. The highest BCUT2D eigenvalue weighted by atomic mass is 16.4. The van der Waals surface area contributed by atoms with Gasteiger partial charge in [-0.2, -0.15) is 0 Å². The number of hydrogen-bond donors (Lipinski definition) is 11. The van der Waals surface area contributed by atoms with E-state index < -0.39 is 107 Å². The molecular formula is C55H76N12O11. The van der Waals surface area contributed by atoms with Crippen LogP contribution in [0.5, 0.6) is 5.75 Å². The van der Waals surface area contributed by atoms with Crippen molar-refractivity contribution in [3.63, 3.8) is 0 Å². The van der Waals surface area contributed by atoms with Crippen LogP contribution >= 0.6 is 0 Å². The summed E-state index contributed by atoms with van der Waals surface area (Å²) in [5, 5.41) is 36.5. The first-order chi connectivity index (χ1) is 37.2. The third-order valence-corrected chi connectivity index (χ3v) is 13.7. The summed E-state index contributed by atoms with van der Waals surface area (Å²) in [5.41, 5.74) is 18.2. The molecule has 3 aromatic carbocycles. The Kier molecular flexibility index (Phi) is 22.9. The number of benzene rings is 3. The summed E-state index contributed by atoms with van der Waals surface area (Å²) in [7, 11) is 0. The van der Waals surface area contributed by atoms with Gasteiger partial charge in [0.1, 0.15) is 54.1 Å². The maximum atomic E-state index is 14.8. The van der Waals surface area contributed by atoms with Crippen LogP contribution in [0.3, 0.4) is 0 Å². The van der Waals surface area contributed by atoms with Crippen LogP contribution in [-0.4, -0.2) is 154 Å². The molecule has 23 heteroatoms. The van der Waals surface area contributed by atoms with Gasteiger partial charge in [0.25, 0.3) is 0 Å². The Bertz CT molecular complexity index is 2580. The molecule has 0 radical (unpaired) electrons. The van der Waals surface area contributed by atoms with Crippen LogP contribution in [0.25, 0.3) is 0 Å². The van der Waals surface area contributed by atoms with Gasteiger partial charge < -0.3 is 69.1 Å². The molecule has 0 unspecified atom stereocenters. The van der Waals surface area contributed by atoms with Crippen LogP contribution in [-0.2, 0) is 62.4 Å². The SMILES string of the molecule is CC(C)[C@H](NC(=O)CN)C(=O)N[C@H](C(=O)N[C@@H](Cc1ccccc1)C(=O)N1CCC[C@H]1C(=O)N[C@@H](Cc1ccc(O)cc1)C(=O)N[C@@H](Cc1ccccc1)C(=O)N1CCC[C@H]1C(=O)N[C@@H](CCCN=C(N)N)C(=O)O)C(C)C. The van der Waals surface area contributed by atoms with Crippen molar-refractivity contribution in [1.82, 2.24) is 41.7 Å². The highest BCUT2D eigenvalue weighted by Crippen LogP contribution is 2.23. The number of rotatable bonds is 27. The number of amides is 8. The highest BCUT2D eigenvalue weighted by molar-refractivity contribution is 5.98. The standard InChI is InChI=1S/C55H76N12O11/c1-32(2)45(64-44(69)31-56)51(74)65-46(33(3)4)50(73)63-41(30-35-16-9-6-10-17-35)53(76)67-27-13-20-43(67)49(72)61-39(28-36-21-23-37(68)24-22-36)47(70)62-40(29-34-14-7-5-8-15-34)52(75)66-26-12-19-42(66)48(71)60-38(54(77)78)18-11-25-59-55(57)58/h5-10,14-17,21-24,32-33,38-43,45-46,68H,11-13,18-20,25-31,56H2,1-4H3,(H,60,71)(H,61,72)(H,62,70)(H,63,73)(H,64,69)(H,65,74)(H,77,78)(H4,57,58,59)/t38-,39-,40-,41-,42-,43-,45-,46-/m0/s1. The van der Waals surface area contributed by atoms with Crippen molar-refractivity contribution in [2.24, 2.45) is 34.0 Å². The van der Waals surface area contributed by atoms with Crippen LogP contribution in [0, 0.1) is 11.8 Å². The Labute approximate surface area is 454 Å². The average molecular weight is 1080 g/mol. The Balaban J connectivity index is 1.40. The number of likely N-dealkylation sites (tertiary alicyclic amines) is 2. The molecule has 0 spiro atoms. The largest absolute Gasteiger partial charge is 0.508 e. The molecule has 23 nitrogen and oxygen atoms in total. The number of guanidine groups is 1. The number of carboxylic acid groups (broad SMARTS) is 1. The second-order valence-electron chi connectivity index (χ2n) is 20.4. The maximum Gasteiger partial charge on any atom is 0.326 e. The molecule has 3 aromatic rings. The van der Waals surface area contributed by atoms with Crippen LogP contribution in [0.2, 0.25) is 0 Å². The first kappa shape index (κ1) is 60.8. The quantitative estimate of drug-likeness (QED) is 0.0266. The van der Waals surface area contributed by atoms with E-state index in [9.17, 15) is 53.4 Å². The molecule has 78 heavy (non-hydrogen) atoms. The van der Waals surface area contributed by atoms with E-state index in [-0.39, 0.29) is 88.8 Å². The fraction of sp³-hybridized carbons (Fsp3) is 0.491. The van der Waals surface area contributed by atoms with Gasteiger partial charge in [-0.15, -0.1) is 0 Å². The molecule has 422 valence electrons.